The molecule has 4 rings (SSSR count). The summed E-state index contributed by atoms with van der Waals surface area (Å²) in [6.45, 7) is 5.93. The Morgan fingerprint density at radius 2 is 2.04 bits per heavy atom. The smallest absolute Gasteiger partial charge is 0.255 e. The Morgan fingerprint density at radius 1 is 1.21 bits per heavy atom. The average Bonchev–Trinajstić information content (AvgIpc) is 3.03. The molecule has 2 aromatic carbocycles. The molecule has 0 aliphatic carbocycles. The van der Waals surface area contributed by atoms with Crippen molar-refractivity contribution in [2.24, 2.45) is 0 Å². The highest BCUT2D eigenvalue weighted by molar-refractivity contribution is 7.99. The summed E-state index contributed by atoms with van der Waals surface area (Å²) in [6, 6.07) is 13.6. The van der Waals surface area contributed by atoms with E-state index in [2.05, 4.69) is 27.3 Å². The minimum Gasteiger partial charge on any atom is -0.369 e. The molecule has 0 unspecified atom stereocenters. The lowest BCUT2D eigenvalue weighted by Gasteiger charge is -2.26. The number of hydrogen-bond acceptors (Lipinski definition) is 5. The Kier molecular flexibility index (Phi) is 5.54. The normalized spacial score (nSPS) is 15.0. The van der Waals surface area contributed by atoms with Crippen LogP contribution in [0.1, 0.15) is 22.8 Å². The molecule has 1 amide bonds. The van der Waals surface area contributed by atoms with Crippen molar-refractivity contribution in [3.05, 3.63) is 53.6 Å². The summed E-state index contributed by atoms with van der Waals surface area (Å²) in [6.07, 6.45) is 0. The van der Waals surface area contributed by atoms with E-state index in [1.165, 1.54) is 17.1 Å². The van der Waals surface area contributed by atoms with Crippen LogP contribution in [-0.4, -0.2) is 45.0 Å². The summed E-state index contributed by atoms with van der Waals surface area (Å²) in [5, 5.41) is 3.01. The first-order valence-corrected chi connectivity index (χ1v) is 10.8. The van der Waals surface area contributed by atoms with Gasteiger partial charge in [-0.2, -0.15) is 11.8 Å². The molecule has 1 aliphatic rings. The molecule has 1 fully saturated rings. The predicted octanol–water partition coefficient (Wildman–Crippen LogP) is 3.44. The molecule has 1 aromatic heterocycles. The highest BCUT2D eigenvalue weighted by Crippen LogP contribution is 2.21. The van der Waals surface area contributed by atoms with Crippen LogP contribution in [0.15, 0.2) is 42.5 Å². The minimum absolute atomic E-state index is 0.141. The molecular formula is C21H25N5OS. The number of hydrogen-bond donors (Lipinski definition) is 2. The van der Waals surface area contributed by atoms with Gasteiger partial charge < -0.3 is 15.6 Å². The molecule has 0 saturated carbocycles. The number of aryl methyl sites for hydroxylation is 1. The second kappa shape index (κ2) is 8.24. The number of amides is 1. The molecule has 1 saturated heterocycles. The van der Waals surface area contributed by atoms with E-state index in [0.717, 1.165) is 42.9 Å². The fraction of sp³-hybridized carbons (Fsp3) is 0.333. The highest BCUT2D eigenvalue weighted by atomic mass is 32.2. The van der Waals surface area contributed by atoms with Crippen LogP contribution in [0.5, 0.6) is 0 Å². The van der Waals surface area contributed by atoms with Crippen LogP contribution in [0.25, 0.3) is 11.0 Å². The van der Waals surface area contributed by atoms with Crippen molar-refractivity contribution in [1.82, 2.24) is 14.5 Å². The number of carbonyl (C=O) groups is 1. The van der Waals surface area contributed by atoms with Crippen LogP contribution in [0.2, 0.25) is 0 Å². The van der Waals surface area contributed by atoms with E-state index in [0.29, 0.717) is 11.5 Å². The largest absolute Gasteiger partial charge is 0.369 e. The van der Waals surface area contributed by atoms with Gasteiger partial charge in [0.15, 0.2) is 0 Å². The maximum atomic E-state index is 12.7. The molecule has 3 N–H and O–H groups in total. The first-order valence-electron chi connectivity index (χ1n) is 9.60. The fourth-order valence-electron chi connectivity index (χ4n) is 3.59. The van der Waals surface area contributed by atoms with Crippen LogP contribution in [0, 0.1) is 0 Å². The number of aromatic nitrogens is 2. The Balaban J connectivity index is 1.48. The van der Waals surface area contributed by atoms with Gasteiger partial charge in [0.25, 0.3) is 5.91 Å². The Hall–Kier alpha value is -2.51. The lowest BCUT2D eigenvalue weighted by molar-refractivity contribution is 0.102. The van der Waals surface area contributed by atoms with Crippen LogP contribution >= 0.6 is 11.8 Å². The van der Waals surface area contributed by atoms with E-state index in [1.807, 2.05) is 47.5 Å². The van der Waals surface area contributed by atoms with E-state index < -0.39 is 0 Å². The van der Waals surface area contributed by atoms with E-state index in [-0.39, 0.29) is 5.91 Å². The van der Waals surface area contributed by atoms with Gasteiger partial charge in [-0.25, -0.2) is 4.98 Å². The van der Waals surface area contributed by atoms with Gasteiger partial charge in [-0.15, -0.1) is 0 Å². The van der Waals surface area contributed by atoms with Gasteiger partial charge in [-0.1, -0.05) is 12.1 Å². The van der Waals surface area contributed by atoms with Crippen molar-refractivity contribution in [1.29, 1.82) is 0 Å². The van der Waals surface area contributed by atoms with E-state index in [1.54, 1.807) is 6.07 Å². The van der Waals surface area contributed by atoms with Gasteiger partial charge in [0.2, 0.25) is 5.95 Å². The van der Waals surface area contributed by atoms with Gasteiger partial charge >= 0.3 is 0 Å². The lowest BCUT2D eigenvalue weighted by Crippen LogP contribution is -2.31. The number of nitrogen functional groups attached to an aromatic ring is 1. The third-order valence-corrected chi connectivity index (χ3v) is 5.99. The summed E-state index contributed by atoms with van der Waals surface area (Å²) >= 11 is 2.01. The quantitative estimate of drug-likeness (QED) is 0.692. The third kappa shape index (κ3) is 4.00. The summed E-state index contributed by atoms with van der Waals surface area (Å²) in [7, 11) is 0. The number of anilines is 2. The standard InChI is InChI=1S/C21H25N5OS/c1-2-26-19-7-6-16(13-18(19)24-21(26)22)20(27)23-17-5-3-4-15(12-17)14-25-8-10-28-11-9-25/h3-7,12-13H,2,8-11,14H2,1H3,(H2,22,24)(H,23,27). The number of benzene rings is 2. The Morgan fingerprint density at radius 3 is 2.82 bits per heavy atom. The number of nitrogens with two attached hydrogens (primary N) is 1. The van der Waals surface area contributed by atoms with Crippen molar-refractivity contribution < 1.29 is 4.79 Å². The maximum Gasteiger partial charge on any atom is 0.255 e. The van der Waals surface area contributed by atoms with Crippen molar-refractivity contribution >= 4 is 40.3 Å². The second-order valence-corrected chi connectivity index (χ2v) is 8.19. The monoisotopic (exact) mass is 395 g/mol. The SMILES string of the molecule is CCn1c(N)nc2cc(C(=O)Nc3cccc(CN4CCSCC4)c3)ccc21. The molecular weight excluding hydrogens is 370 g/mol. The number of rotatable bonds is 5. The molecule has 1 aliphatic heterocycles. The molecule has 28 heavy (non-hydrogen) atoms. The summed E-state index contributed by atoms with van der Waals surface area (Å²) < 4.78 is 1.93. The zero-order valence-electron chi connectivity index (χ0n) is 16.0. The molecule has 0 bridgehead atoms. The number of imidazole rings is 1. The molecule has 3 aromatic rings. The summed E-state index contributed by atoms with van der Waals surface area (Å²) in [4.78, 5) is 19.6. The zero-order valence-corrected chi connectivity index (χ0v) is 16.8. The number of thioether (sulfide) groups is 1. The summed E-state index contributed by atoms with van der Waals surface area (Å²) in [5.74, 6) is 2.71. The number of nitrogens with zero attached hydrogens (tertiary/aromatic N) is 3. The van der Waals surface area contributed by atoms with Crippen LogP contribution in [-0.2, 0) is 13.1 Å². The molecule has 146 valence electrons. The van der Waals surface area contributed by atoms with Crippen molar-refractivity contribution in [3.63, 3.8) is 0 Å². The lowest BCUT2D eigenvalue weighted by atomic mass is 10.1. The second-order valence-electron chi connectivity index (χ2n) is 6.96. The first-order chi connectivity index (χ1) is 13.6. The van der Waals surface area contributed by atoms with Crippen molar-refractivity contribution in [2.45, 2.75) is 20.0 Å². The van der Waals surface area contributed by atoms with Crippen molar-refractivity contribution in [2.75, 3.05) is 35.6 Å². The number of nitrogens with one attached hydrogen (secondary N) is 1. The Bertz CT molecular complexity index is 994. The zero-order chi connectivity index (χ0) is 19.5. The molecule has 7 heteroatoms. The van der Waals surface area contributed by atoms with Crippen molar-refractivity contribution in [3.8, 4) is 0 Å². The van der Waals surface area contributed by atoms with Crippen LogP contribution < -0.4 is 11.1 Å². The Labute approximate surface area is 169 Å². The van der Waals surface area contributed by atoms with E-state index in [4.69, 9.17) is 5.73 Å². The van der Waals surface area contributed by atoms with Gasteiger partial charge in [-0.3, -0.25) is 9.69 Å². The molecule has 0 atom stereocenters. The molecule has 0 spiro atoms. The van der Waals surface area contributed by atoms with Gasteiger partial charge in [-0.05, 0) is 42.8 Å². The molecule has 2 heterocycles. The van der Waals surface area contributed by atoms with Crippen LogP contribution in [0.4, 0.5) is 11.6 Å². The third-order valence-electron chi connectivity index (χ3n) is 5.05. The highest BCUT2D eigenvalue weighted by Gasteiger charge is 2.13. The van der Waals surface area contributed by atoms with E-state index >= 15 is 0 Å². The van der Waals surface area contributed by atoms with Gasteiger partial charge in [0, 0.05) is 48.9 Å². The first kappa shape index (κ1) is 18.8. The average molecular weight is 396 g/mol. The molecule has 0 radical (unpaired) electrons. The maximum absolute atomic E-state index is 12.7. The van der Waals surface area contributed by atoms with E-state index in [9.17, 15) is 4.79 Å². The number of carbonyl (C=O) groups excluding carboxylic acids is 1. The van der Waals surface area contributed by atoms with Crippen LogP contribution in [0.3, 0.4) is 0 Å². The minimum atomic E-state index is -0.141. The predicted molar refractivity (Wildman–Crippen MR) is 117 cm³/mol. The van der Waals surface area contributed by atoms with Gasteiger partial charge in [0.1, 0.15) is 0 Å². The fourth-order valence-corrected chi connectivity index (χ4v) is 4.57. The topological polar surface area (TPSA) is 76.2 Å². The summed E-state index contributed by atoms with van der Waals surface area (Å²) in [5.41, 5.74) is 10.2. The molecule has 6 nitrogen and oxygen atoms in total. The van der Waals surface area contributed by atoms with Gasteiger partial charge in [0.05, 0.1) is 11.0 Å². The number of fused-ring (bicyclic) bond motifs is 1.